The van der Waals surface area contributed by atoms with Crippen LogP contribution in [0.3, 0.4) is 0 Å². The number of piperidine rings is 1. The molecule has 2 aromatic heterocycles. The number of halogens is 1. The number of rotatable bonds is 3. The molecule has 1 amide bonds. The summed E-state index contributed by atoms with van der Waals surface area (Å²) in [6, 6.07) is 9.18. The maximum absolute atomic E-state index is 12.5. The van der Waals surface area contributed by atoms with Gasteiger partial charge < -0.3 is 10.2 Å². The number of nitrogens with one attached hydrogen (secondary N) is 1. The molecule has 26 heavy (non-hydrogen) atoms. The van der Waals surface area contributed by atoms with Crippen LogP contribution in [0.5, 0.6) is 0 Å². The first-order valence-corrected chi connectivity index (χ1v) is 8.95. The van der Waals surface area contributed by atoms with Crippen LogP contribution in [0.25, 0.3) is 11.2 Å². The second-order valence-electron chi connectivity index (χ2n) is 6.35. The minimum absolute atomic E-state index is 0.00938. The lowest BCUT2D eigenvalue weighted by Crippen LogP contribution is -2.38. The molecule has 1 saturated heterocycles. The van der Waals surface area contributed by atoms with Crippen LogP contribution in [0.1, 0.15) is 12.8 Å². The predicted molar refractivity (Wildman–Crippen MR) is 102 cm³/mol. The molecule has 132 valence electrons. The van der Waals surface area contributed by atoms with Gasteiger partial charge in [-0.05, 0) is 43.2 Å². The molecule has 1 aromatic carbocycles. The number of benzene rings is 1. The molecular weight excluding hydrogens is 350 g/mol. The smallest absolute Gasteiger partial charge is 0.227 e. The molecule has 3 aromatic rings. The average Bonchev–Trinajstić information content (AvgIpc) is 2.69. The van der Waals surface area contributed by atoms with E-state index in [0.29, 0.717) is 10.7 Å². The number of carbonyl (C=O) groups excluding carboxylic acids is 1. The molecule has 0 aliphatic carbocycles. The third-order valence-electron chi connectivity index (χ3n) is 4.65. The van der Waals surface area contributed by atoms with Gasteiger partial charge in [-0.3, -0.25) is 9.78 Å². The van der Waals surface area contributed by atoms with Crippen molar-refractivity contribution in [1.82, 2.24) is 15.0 Å². The van der Waals surface area contributed by atoms with Gasteiger partial charge >= 0.3 is 0 Å². The molecule has 4 rings (SSSR count). The fourth-order valence-electron chi connectivity index (χ4n) is 3.20. The summed E-state index contributed by atoms with van der Waals surface area (Å²) in [5.41, 5.74) is 3.23. The Balaban J connectivity index is 1.38. The third kappa shape index (κ3) is 3.60. The second kappa shape index (κ2) is 7.25. The summed E-state index contributed by atoms with van der Waals surface area (Å²) in [6.45, 7) is 1.62. The van der Waals surface area contributed by atoms with Crippen LogP contribution < -0.4 is 10.2 Å². The Morgan fingerprint density at radius 3 is 2.58 bits per heavy atom. The number of aromatic nitrogens is 3. The van der Waals surface area contributed by atoms with Crippen molar-refractivity contribution >= 4 is 40.0 Å². The summed E-state index contributed by atoms with van der Waals surface area (Å²) in [4.78, 5) is 27.6. The van der Waals surface area contributed by atoms with E-state index in [9.17, 15) is 4.79 Å². The zero-order valence-electron chi connectivity index (χ0n) is 14.1. The van der Waals surface area contributed by atoms with Crippen LogP contribution in [0.4, 0.5) is 11.4 Å². The van der Waals surface area contributed by atoms with Gasteiger partial charge in [-0.25, -0.2) is 9.97 Å². The van der Waals surface area contributed by atoms with Crippen molar-refractivity contribution in [3.05, 3.63) is 53.9 Å². The molecule has 3 heterocycles. The van der Waals surface area contributed by atoms with Gasteiger partial charge in [-0.15, -0.1) is 0 Å². The molecule has 0 spiro atoms. The van der Waals surface area contributed by atoms with Crippen molar-refractivity contribution in [3.63, 3.8) is 0 Å². The van der Waals surface area contributed by atoms with E-state index in [0.717, 1.165) is 42.8 Å². The minimum Gasteiger partial charge on any atom is -0.370 e. The number of pyridine rings is 1. The maximum Gasteiger partial charge on any atom is 0.227 e. The molecule has 0 atom stereocenters. The van der Waals surface area contributed by atoms with E-state index in [-0.39, 0.29) is 11.8 Å². The zero-order chi connectivity index (χ0) is 17.9. The number of hydrogen-bond acceptors (Lipinski definition) is 5. The first-order chi connectivity index (χ1) is 12.7. The molecule has 6 nitrogen and oxygen atoms in total. The normalized spacial score (nSPS) is 15.2. The Morgan fingerprint density at radius 2 is 1.81 bits per heavy atom. The lowest BCUT2D eigenvalue weighted by atomic mass is 9.95. The van der Waals surface area contributed by atoms with E-state index in [1.54, 1.807) is 24.5 Å². The van der Waals surface area contributed by atoms with Crippen LogP contribution in [0.2, 0.25) is 5.02 Å². The van der Waals surface area contributed by atoms with Crippen molar-refractivity contribution in [2.24, 2.45) is 5.92 Å². The first kappa shape index (κ1) is 16.7. The molecule has 1 aliphatic heterocycles. The maximum atomic E-state index is 12.5. The van der Waals surface area contributed by atoms with Gasteiger partial charge in [0.05, 0.1) is 11.9 Å². The highest BCUT2D eigenvalue weighted by Crippen LogP contribution is 2.25. The first-order valence-electron chi connectivity index (χ1n) is 8.57. The van der Waals surface area contributed by atoms with Crippen molar-refractivity contribution in [2.45, 2.75) is 12.8 Å². The Bertz CT molecular complexity index is 923. The van der Waals surface area contributed by atoms with E-state index in [1.807, 2.05) is 24.4 Å². The van der Waals surface area contributed by atoms with Crippen molar-refractivity contribution in [1.29, 1.82) is 0 Å². The van der Waals surface area contributed by atoms with Gasteiger partial charge in [0.1, 0.15) is 5.52 Å². The summed E-state index contributed by atoms with van der Waals surface area (Å²) in [6.07, 6.45) is 6.74. The van der Waals surface area contributed by atoms with Gasteiger partial charge in [-0.1, -0.05) is 11.6 Å². The molecule has 0 unspecified atom stereocenters. The Hall–Kier alpha value is -2.73. The zero-order valence-corrected chi connectivity index (χ0v) is 14.9. The minimum atomic E-state index is 0.00938. The van der Waals surface area contributed by atoms with E-state index in [1.165, 1.54) is 0 Å². The summed E-state index contributed by atoms with van der Waals surface area (Å²) in [5, 5.41) is 3.63. The van der Waals surface area contributed by atoms with E-state index < -0.39 is 0 Å². The number of fused-ring (bicyclic) bond motifs is 1. The molecule has 1 fully saturated rings. The second-order valence-corrected chi connectivity index (χ2v) is 6.79. The number of carbonyl (C=O) groups is 1. The standard InChI is InChI=1S/C19H18ClN5O/c20-14-1-3-15(4-2-14)24-19(26)13-5-9-25(10-6-13)16-11-17-18(23-12-16)22-8-7-21-17/h1-4,7-8,11-13H,5-6,9-10H2,(H,24,26). The number of amides is 1. The lowest BCUT2D eigenvalue weighted by Gasteiger charge is -2.32. The van der Waals surface area contributed by atoms with E-state index >= 15 is 0 Å². The Kier molecular flexibility index (Phi) is 4.67. The summed E-state index contributed by atoms with van der Waals surface area (Å²) < 4.78 is 0. The highest BCUT2D eigenvalue weighted by atomic mass is 35.5. The average molecular weight is 368 g/mol. The molecule has 1 aliphatic rings. The van der Waals surface area contributed by atoms with Crippen LogP contribution in [0, 0.1) is 5.92 Å². The number of anilines is 2. The van der Waals surface area contributed by atoms with E-state index in [4.69, 9.17) is 11.6 Å². The van der Waals surface area contributed by atoms with Crippen LogP contribution in [-0.2, 0) is 4.79 Å². The largest absolute Gasteiger partial charge is 0.370 e. The fraction of sp³-hybridized carbons (Fsp3) is 0.263. The van der Waals surface area contributed by atoms with Crippen molar-refractivity contribution in [3.8, 4) is 0 Å². The van der Waals surface area contributed by atoms with E-state index in [2.05, 4.69) is 25.2 Å². The lowest BCUT2D eigenvalue weighted by molar-refractivity contribution is -0.120. The van der Waals surface area contributed by atoms with Crippen LogP contribution >= 0.6 is 11.6 Å². The monoisotopic (exact) mass is 367 g/mol. The molecular formula is C19H18ClN5O. The predicted octanol–water partition coefficient (Wildman–Crippen LogP) is 3.53. The summed E-state index contributed by atoms with van der Waals surface area (Å²) in [7, 11) is 0. The summed E-state index contributed by atoms with van der Waals surface area (Å²) >= 11 is 5.88. The molecule has 0 bridgehead atoms. The van der Waals surface area contributed by atoms with Crippen LogP contribution in [0.15, 0.2) is 48.9 Å². The number of nitrogens with zero attached hydrogens (tertiary/aromatic N) is 4. The number of hydrogen-bond donors (Lipinski definition) is 1. The van der Waals surface area contributed by atoms with Gasteiger partial charge in [0.15, 0.2) is 5.65 Å². The molecule has 0 radical (unpaired) electrons. The van der Waals surface area contributed by atoms with Crippen molar-refractivity contribution in [2.75, 3.05) is 23.3 Å². The van der Waals surface area contributed by atoms with Crippen LogP contribution in [-0.4, -0.2) is 33.9 Å². The quantitative estimate of drug-likeness (QED) is 0.766. The van der Waals surface area contributed by atoms with Gasteiger partial charge in [-0.2, -0.15) is 0 Å². The van der Waals surface area contributed by atoms with Crippen molar-refractivity contribution < 1.29 is 4.79 Å². The fourth-order valence-corrected chi connectivity index (χ4v) is 3.32. The Labute approximate surface area is 156 Å². The van der Waals surface area contributed by atoms with Gasteiger partial charge in [0.25, 0.3) is 0 Å². The topological polar surface area (TPSA) is 71.0 Å². The highest BCUT2D eigenvalue weighted by molar-refractivity contribution is 6.30. The third-order valence-corrected chi connectivity index (χ3v) is 4.90. The SMILES string of the molecule is O=C(Nc1ccc(Cl)cc1)C1CCN(c2cnc3nccnc3c2)CC1. The Morgan fingerprint density at radius 1 is 1.08 bits per heavy atom. The summed E-state index contributed by atoms with van der Waals surface area (Å²) in [5.74, 6) is 0.0737. The van der Waals surface area contributed by atoms with Gasteiger partial charge in [0, 0.05) is 42.1 Å². The highest BCUT2D eigenvalue weighted by Gasteiger charge is 2.25. The molecule has 7 heteroatoms. The molecule has 0 saturated carbocycles. The molecule has 1 N–H and O–H groups in total. The van der Waals surface area contributed by atoms with Gasteiger partial charge in [0.2, 0.25) is 5.91 Å².